The highest BCUT2D eigenvalue weighted by Crippen LogP contribution is 2.29. The number of rotatable bonds is 7. The summed E-state index contributed by atoms with van der Waals surface area (Å²) in [4.78, 5) is 25.1. The average Bonchev–Trinajstić information content (AvgIpc) is 2.83. The van der Waals surface area contributed by atoms with Crippen molar-refractivity contribution in [2.45, 2.75) is 13.5 Å². The lowest BCUT2D eigenvalue weighted by atomic mass is 10.1. The summed E-state index contributed by atoms with van der Waals surface area (Å²) in [6, 6.07) is 9.02. The summed E-state index contributed by atoms with van der Waals surface area (Å²) in [5, 5.41) is 2.99. The van der Waals surface area contributed by atoms with Crippen LogP contribution in [0.15, 0.2) is 66.8 Å². The SMILES string of the molecule is C=Cc1cc(-c2ncnc(NCc3cnc(-c4ccnc(C)c4)nc3)c2F)ccc1N=C. The third-order valence-electron chi connectivity index (χ3n) is 4.80. The van der Waals surface area contributed by atoms with Crippen molar-refractivity contribution in [1.82, 2.24) is 24.9 Å². The zero-order valence-electron chi connectivity index (χ0n) is 17.5. The number of hydrogen-bond acceptors (Lipinski definition) is 7. The van der Waals surface area contributed by atoms with E-state index in [0.717, 1.165) is 22.4 Å². The zero-order chi connectivity index (χ0) is 22.5. The van der Waals surface area contributed by atoms with Gasteiger partial charge in [0.1, 0.15) is 12.0 Å². The van der Waals surface area contributed by atoms with Gasteiger partial charge in [0, 0.05) is 53.1 Å². The Morgan fingerprint density at radius 3 is 2.56 bits per heavy atom. The van der Waals surface area contributed by atoms with Crippen molar-refractivity contribution in [3.63, 3.8) is 0 Å². The Morgan fingerprint density at radius 1 is 1.03 bits per heavy atom. The minimum absolute atomic E-state index is 0.0925. The zero-order valence-corrected chi connectivity index (χ0v) is 17.5. The van der Waals surface area contributed by atoms with Gasteiger partial charge in [-0.15, -0.1) is 0 Å². The lowest BCUT2D eigenvalue weighted by Crippen LogP contribution is -2.06. The van der Waals surface area contributed by atoms with Gasteiger partial charge in [0.25, 0.3) is 0 Å². The first-order valence-electron chi connectivity index (χ1n) is 9.81. The molecule has 0 aliphatic carbocycles. The molecule has 0 atom stereocenters. The number of aromatic nitrogens is 5. The molecule has 3 aromatic heterocycles. The van der Waals surface area contributed by atoms with Gasteiger partial charge in [-0.1, -0.05) is 18.7 Å². The first-order chi connectivity index (χ1) is 15.6. The molecule has 4 rings (SSSR count). The molecule has 0 saturated carbocycles. The lowest BCUT2D eigenvalue weighted by Gasteiger charge is -2.10. The molecule has 7 nitrogen and oxygen atoms in total. The lowest BCUT2D eigenvalue weighted by molar-refractivity contribution is 0.621. The van der Waals surface area contributed by atoms with Gasteiger partial charge in [-0.05, 0) is 37.9 Å². The number of anilines is 1. The number of aliphatic imine (C=N–C) groups is 1. The summed E-state index contributed by atoms with van der Waals surface area (Å²) in [6.07, 6.45) is 8.07. The molecule has 0 amide bonds. The van der Waals surface area contributed by atoms with E-state index in [2.05, 4.69) is 48.5 Å². The van der Waals surface area contributed by atoms with Crippen molar-refractivity contribution in [2.24, 2.45) is 4.99 Å². The van der Waals surface area contributed by atoms with Gasteiger partial charge < -0.3 is 5.32 Å². The fourth-order valence-electron chi connectivity index (χ4n) is 3.17. The molecule has 0 radical (unpaired) electrons. The van der Waals surface area contributed by atoms with Crippen LogP contribution in [0.4, 0.5) is 15.9 Å². The molecular formula is C24H20FN7. The van der Waals surface area contributed by atoms with E-state index in [1.807, 2.05) is 19.1 Å². The second-order valence-electron chi connectivity index (χ2n) is 6.98. The molecule has 0 spiro atoms. The highest BCUT2D eigenvalue weighted by Gasteiger charge is 2.14. The highest BCUT2D eigenvalue weighted by atomic mass is 19.1. The Bertz CT molecular complexity index is 1290. The average molecular weight is 425 g/mol. The molecule has 0 aliphatic rings. The first kappa shape index (κ1) is 20.9. The van der Waals surface area contributed by atoms with Crippen LogP contribution in [0.5, 0.6) is 0 Å². The molecule has 0 bridgehead atoms. The number of aryl methyl sites for hydroxylation is 1. The van der Waals surface area contributed by atoms with Crippen LogP contribution in [0.1, 0.15) is 16.8 Å². The minimum atomic E-state index is -0.549. The van der Waals surface area contributed by atoms with Crippen LogP contribution in [0.2, 0.25) is 0 Å². The van der Waals surface area contributed by atoms with Crippen LogP contribution < -0.4 is 5.32 Å². The summed E-state index contributed by atoms with van der Waals surface area (Å²) >= 11 is 0. The summed E-state index contributed by atoms with van der Waals surface area (Å²) in [6.45, 7) is 9.52. The van der Waals surface area contributed by atoms with Crippen molar-refractivity contribution in [3.05, 3.63) is 84.5 Å². The normalized spacial score (nSPS) is 10.6. The van der Waals surface area contributed by atoms with Crippen molar-refractivity contribution >= 4 is 24.3 Å². The quantitative estimate of drug-likeness (QED) is 0.418. The maximum absolute atomic E-state index is 15.1. The first-order valence-corrected chi connectivity index (χ1v) is 9.81. The van der Waals surface area contributed by atoms with Gasteiger partial charge in [0.05, 0.1) is 5.69 Å². The maximum atomic E-state index is 15.1. The molecular weight excluding hydrogens is 405 g/mol. The molecule has 158 valence electrons. The molecule has 1 aromatic carbocycles. The number of benzene rings is 1. The topological polar surface area (TPSA) is 88.8 Å². The third kappa shape index (κ3) is 4.39. The van der Waals surface area contributed by atoms with Crippen LogP contribution in [0.25, 0.3) is 28.7 Å². The molecule has 8 heteroatoms. The second kappa shape index (κ2) is 9.22. The van der Waals surface area contributed by atoms with Crippen LogP contribution in [0.3, 0.4) is 0 Å². The largest absolute Gasteiger partial charge is 0.363 e. The molecule has 0 aliphatic heterocycles. The Labute approximate surface area is 184 Å². The highest BCUT2D eigenvalue weighted by molar-refractivity contribution is 5.73. The van der Waals surface area contributed by atoms with E-state index in [0.29, 0.717) is 23.6 Å². The van der Waals surface area contributed by atoms with Crippen LogP contribution in [-0.2, 0) is 6.54 Å². The van der Waals surface area contributed by atoms with Gasteiger partial charge in [-0.3, -0.25) is 9.98 Å². The van der Waals surface area contributed by atoms with Crippen molar-refractivity contribution in [3.8, 4) is 22.6 Å². The van der Waals surface area contributed by atoms with Gasteiger partial charge in [-0.2, -0.15) is 0 Å². The standard InChI is InChI=1S/C24H20FN7/c1-4-17-10-18(5-6-20(17)26-3)22-21(25)24(32-14-31-22)30-13-16-11-28-23(29-12-16)19-7-8-27-15(2)9-19/h4-12,14H,1,3,13H2,2H3,(H,30,31,32). The Morgan fingerprint density at radius 2 is 1.84 bits per heavy atom. The number of hydrogen-bond donors (Lipinski definition) is 1. The van der Waals surface area contributed by atoms with Crippen LogP contribution in [0, 0.1) is 12.7 Å². The van der Waals surface area contributed by atoms with Crippen molar-refractivity contribution in [1.29, 1.82) is 0 Å². The van der Waals surface area contributed by atoms with Crippen LogP contribution >= 0.6 is 0 Å². The Hall–Kier alpha value is -4.33. The Kier molecular flexibility index (Phi) is 6.03. The molecule has 0 fully saturated rings. The summed E-state index contributed by atoms with van der Waals surface area (Å²) in [5.74, 6) is 0.145. The summed E-state index contributed by atoms with van der Waals surface area (Å²) in [5.41, 5.74) is 4.75. The van der Waals surface area contributed by atoms with E-state index in [9.17, 15) is 0 Å². The monoisotopic (exact) mass is 425 g/mol. The maximum Gasteiger partial charge on any atom is 0.191 e. The van der Waals surface area contributed by atoms with E-state index in [1.54, 1.807) is 42.9 Å². The summed E-state index contributed by atoms with van der Waals surface area (Å²) < 4.78 is 15.1. The van der Waals surface area contributed by atoms with Gasteiger partial charge in [-0.25, -0.2) is 24.3 Å². The van der Waals surface area contributed by atoms with Crippen molar-refractivity contribution in [2.75, 3.05) is 5.32 Å². The van der Waals surface area contributed by atoms with Gasteiger partial charge in [0.2, 0.25) is 0 Å². The van der Waals surface area contributed by atoms with Crippen LogP contribution in [-0.4, -0.2) is 31.6 Å². The molecule has 4 aromatic rings. The summed E-state index contributed by atoms with van der Waals surface area (Å²) in [7, 11) is 0. The minimum Gasteiger partial charge on any atom is -0.363 e. The number of pyridine rings is 1. The van der Waals surface area contributed by atoms with E-state index in [1.165, 1.54) is 6.33 Å². The number of halogens is 1. The van der Waals surface area contributed by atoms with E-state index in [4.69, 9.17) is 0 Å². The fourth-order valence-corrected chi connectivity index (χ4v) is 3.17. The molecule has 1 N–H and O–H groups in total. The van der Waals surface area contributed by atoms with E-state index >= 15 is 4.39 Å². The predicted octanol–water partition coefficient (Wildman–Crippen LogP) is 5.03. The van der Waals surface area contributed by atoms with E-state index < -0.39 is 5.82 Å². The molecule has 32 heavy (non-hydrogen) atoms. The predicted molar refractivity (Wildman–Crippen MR) is 124 cm³/mol. The Balaban J connectivity index is 1.52. The number of nitrogens with zero attached hydrogens (tertiary/aromatic N) is 6. The molecule has 0 saturated heterocycles. The van der Waals surface area contributed by atoms with Crippen molar-refractivity contribution < 1.29 is 4.39 Å². The fraction of sp³-hybridized carbons (Fsp3) is 0.0833. The van der Waals surface area contributed by atoms with E-state index in [-0.39, 0.29) is 11.5 Å². The molecule has 3 heterocycles. The third-order valence-corrected chi connectivity index (χ3v) is 4.80. The van der Waals surface area contributed by atoms with Gasteiger partial charge >= 0.3 is 0 Å². The van der Waals surface area contributed by atoms with Gasteiger partial charge in [0.15, 0.2) is 17.5 Å². The number of nitrogens with one attached hydrogen (secondary N) is 1. The second-order valence-corrected chi connectivity index (χ2v) is 6.98. The molecule has 0 unspecified atom stereocenters. The smallest absolute Gasteiger partial charge is 0.191 e.